The number of nitrogens with one attached hydrogen (secondary N) is 2. The predicted octanol–water partition coefficient (Wildman–Crippen LogP) is 3.34. The van der Waals surface area contributed by atoms with E-state index in [0.29, 0.717) is 11.2 Å². The molecule has 0 saturated carbocycles. The van der Waals surface area contributed by atoms with Gasteiger partial charge in [0.1, 0.15) is 11.0 Å². The zero-order valence-corrected chi connectivity index (χ0v) is 15.4. The van der Waals surface area contributed by atoms with E-state index in [4.69, 9.17) is 12.2 Å². The van der Waals surface area contributed by atoms with Crippen molar-refractivity contribution in [2.45, 2.75) is 13.8 Å². The first kappa shape index (κ1) is 17.8. The number of amides is 1. The van der Waals surface area contributed by atoms with Crippen LogP contribution in [0.25, 0.3) is 11.0 Å². The third-order valence-electron chi connectivity index (χ3n) is 3.85. The molecule has 1 aromatic heterocycles. The number of aromatic nitrogens is 2. The summed E-state index contributed by atoms with van der Waals surface area (Å²) in [4.78, 5) is 22.9. The number of carbonyl (C=O) groups is 1. The van der Waals surface area contributed by atoms with Crippen LogP contribution >= 0.6 is 23.9 Å². The number of thiocarbonyl (C=S) groups is 1. The van der Waals surface area contributed by atoms with Crippen molar-refractivity contribution < 1.29 is 9.72 Å². The van der Waals surface area contributed by atoms with Gasteiger partial charge in [-0.25, -0.2) is 0 Å². The molecule has 0 spiro atoms. The SMILES string of the molecule is Cc1ccc2nsnc2c1NC(=S)NC(=O)c1cccc([N+](=O)[O-])c1C. The van der Waals surface area contributed by atoms with E-state index in [9.17, 15) is 14.9 Å². The number of rotatable bonds is 3. The van der Waals surface area contributed by atoms with E-state index in [-0.39, 0.29) is 21.9 Å². The summed E-state index contributed by atoms with van der Waals surface area (Å²) in [7, 11) is 0. The Kier molecular flexibility index (Phi) is 4.87. The summed E-state index contributed by atoms with van der Waals surface area (Å²) in [6.07, 6.45) is 0. The number of anilines is 1. The summed E-state index contributed by atoms with van der Waals surface area (Å²) in [6.45, 7) is 3.41. The Balaban J connectivity index is 1.81. The van der Waals surface area contributed by atoms with Gasteiger partial charge in [-0.05, 0) is 43.8 Å². The molecule has 0 aliphatic carbocycles. The van der Waals surface area contributed by atoms with Gasteiger partial charge in [0.05, 0.1) is 22.3 Å². The number of benzene rings is 2. The second kappa shape index (κ2) is 7.10. The van der Waals surface area contributed by atoms with E-state index in [0.717, 1.165) is 22.8 Å². The van der Waals surface area contributed by atoms with Crippen LogP contribution in [0, 0.1) is 24.0 Å². The van der Waals surface area contributed by atoms with Gasteiger partial charge in [0.2, 0.25) is 0 Å². The maximum atomic E-state index is 12.5. The standard InChI is InChI=1S/C16H13N5O3S2/c1-8-6-7-11-14(20-26-19-11)13(8)17-16(25)18-15(22)10-4-3-5-12(9(10)2)21(23)24/h3-7H,1-2H3,(H2,17,18,22,25). The number of fused-ring (bicyclic) bond motifs is 1. The van der Waals surface area contributed by atoms with Crippen LogP contribution in [0.3, 0.4) is 0 Å². The van der Waals surface area contributed by atoms with Crippen LogP contribution in [0.4, 0.5) is 11.4 Å². The van der Waals surface area contributed by atoms with E-state index in [1.165, 1.54) is 25.1 Å². The molecule has 0 atom stereocenters. The van der Waals surface area contributed by atoms with Crippen LogP contribution in [-0.2, 0) is 0 Å². The van der Waals surface area contributed by atoms with Gasteiger partial charge in [-0.3, -0.25) is 20.2 Å². The van der Waals surface area contributed by atoms with Gasteiger partial charge in [-0.1, -0.05) is 12.1 Å². The van der Waals surface area contributed by atoms with Crippen LogP contribution in [0.15, 0.2) is 30.3 Å². The highest BCUT2D eigenvalue weighted by Gasteiger charge is 2.19. The minimum Gasteiger partial charge on any atom is -0.330 e. The van der Waals surface area contributed by atoms with Gasteiger partial charge < -0.3 is 5.32 Å². The fourth-order valence-corrected chi connectivity index (χ4v) is 3.23. The molecule has 1 amide bonds. The average Bonchev–Trinajstić information content (AvgIpc) is 3.06. The Morgan fingerprint density at radius 3 is 2.73 bits per heavy atom. The maximum Gasteiger partial charge on any atom is 0.273 e. The summed E-state index contributed by atoms with van der Waals surface area (Å²) in [6, 6.07) is 8.05. The van der Waals surface area contributed by atoms with Gasteiger partial charge in [0.25, 0.3) is 11.6 Å². The number of nitro benzene ring substituents is 1. The first-order valence-corrected chi connectivity index (χ1v) is 8.60. The highest BCUT2D eigenvalue weighted by molar-refractivity contribution is 7.80. The molecule has 0 aliphatic heterocycles. The van der Waals surface area contributed by atoms with Crippen LogP contribution in [0.1, 0.15) is 21.5 Å². The second-order valence-corrected chi connectivity index (χ2v) is 6.44. The van der Waals surface area contributed by atoms with E-state index >= 15 is 0 Å². The number of aryl methyl sites for hydroxylation is 1. The minimum atomic E-state index is -0.526. The van der Waals surface area contributed by atoms with Crippen molar-refractivity contribution in [2.24, 2.45) is 0 Å². The summed E-state index contributed by atoms with van der Waals surface area (Å²) < 4.78 is 8.41. The van der Waals surface area contributed by atoms with Crippen molar-refractivity contribution in [3.8, 4) is 0 Å². The van der Waals surface area contributed by atoms with E-state index < -0.39 is 10.8 Å². The largest absolute Gasteiger partial charge is 0.330 e. The smallest absolute Gasteiger partial charge is 0.273 e. The quantitative estimate of drug-likeness (QED) is 0.403. The van der Waals surface area contributed by atoms with Crippen molar-refractivity contribution in [3.05, 3.63) is 57.1 Å². The first-order chi connectivity index (χ1) is 12.4. The highest BCUT2D eigenvalue weighted by atomic mass is 32.1. The molecular formula is C16H13N5O3S2. The monoisotopic (exact) mass is 387 g/mol. The molecule has 26 heavy (non-hydrogen) atoms. The van der Waals surface area contributed by atoms with Crippen LogP contribution in [0.5, 0.6) is 0 Å². The Morgan fingerprint density at radius 1 is 1.23 bits per heavy atom. The van der Waals surface area contributed by atoms with Crippen molar-refractivity contribution in [2.75, 3.05) is 5.32 Å². The number of carbonyl (C=O) groups excluding carboxylic acids is 1. The summed E-state index contributed by atoms with van der Waals surface area (Å²) in [5.41, 5.74) is 3.30. The number of hydrogen-bond acceptors (Lipinski definition) is 7. The lowest BCUT2D eigenvalue weighted by Crippen LogP contribution is -2.34. The maximum absolute atomic E-state index is 12.5. The molecule has 10 heteroatoms. The molecule has 2 N–H and O–H groups in total. The lowest BCUT2D eigenvalue weighted by atomic mass is 10.1. The molecule has 0 aliphatic rings. The molecule has 0 bridgehead atoms. The molecule has 2 aromatic carbocycles. The van der Waals surface area contributed by atoms with Crippen LogP contribution in [0.2, 0.25) is 0 Å². The molecule has 1 heterocycles. The Hall–Kier alpha value is -2.98. The van der Waals surface area contributed by atoms with E-state index in [1.807, 2.05) is 19.1 Å². The van der Waals surface area contributed by atoms with Crippen molar-refractivity contribution in [1.82, 2.24) is 14.1 Å². The van der Waals surface area contributed by atoms with Crippen LogP contribution in [-0.4, -0.2) is 24.7 Å². The lowest BCUT2D eigenvalue weighted by molar-refractivity contribution is -0.385. The zero-order chi connectivity index (χ0) is 18.8. The fraction of sp³-hybridized carbons (Fsp3) is 0.125. The molecule has 0 fully saturated rings. The molecule has 8 nitrogen and oxygen atoms in total. The zero-order valence-electron chi connectivity index (χ0n) is 13.8. The molecule has 3 rings (SSSR count). The highest BCUT2D eigenvalue weighted by Crippen LogP contribution is 2.25. The van der Waals surface area contributed by atoms with E-state index in [2.05, 4.69) is 19.4 Å². The number of hydrogen-bond donors (Lipinski definition) is 2. The fourth-order valence-electron chi connectivity index (χ4n) is 2.49. The minimum absolute atomic E-state index is 0.0736. The molecule has 0 saturated heterocycles. The Morgan fingerprint density at radius 2 is 2.00 bits per heavy atom. The van der Waals surface area contributed by atoms with Crippen molar-refractivity contribution >= 4 is 57.4 Å². The summed E-state index contributed by atoms with van der Waals surface area (Å²) in [5.74, 6) is -0.523. The van der Waals surface area contributed by atoms with Crippen LogP contribution < -0.4 is 10.6 Å². The molecule has 0 radical (unpaired) electrons. The van der Waals surface area contributed by atoms with E-state index in [1.54, 1.807) is 0 Å². The molecule has 132 valence electrons. The predicted molar refractivity (Wildman–Crippen MR) is 104 cm³/mol. The van der Waals surface area contributed by atoms with Gasteiger partial charge >= 0.3 is 0 Å². The summed E-state index contributed by atoms with van der Waals surface area (Å²) in [5, 5.41) is 16.6. The van der Waals surface area contributed by atoms with Gasteiger partial charge in [-0.2, -0.15) is 8.75 Å². The summed E-state index contributed by atoms with van der Waals surface area (Å²) >= 11 is 6.30. The molecule has 0 unspecified atom stereocenters. The third-order valence-corrected chi connectivity index (χ3v) is 4.60. The first-order valence-electron chi connectivity index (χ1n) is 7.46. The van der Waals surface area contributed by atoms with Gasteiger partial charge in [0.15, 0.2) is 5.11 Å². The number of nitro groups is 1. The Bertz CT molecular complexity index is 1050. The normalized spacial score (nSPS) is 10.5. The van der Waals surface area contributed by atoms with Crippen molar-refractivity contribution in [1.29, 1.82) is 0 Å². The third kappa shape index (κ3) is 3.37. The number of nitrogens with zero attached hydrogens (tertiary/aromatic N) is 3. The molecule has 3 aromatic rings. The Labute approximate surface area is 157 Å². The van der Waals surface area contributed by atoms with Gasteiger partial charge in [0, 0.05) is 17.2 Å². The lowest BCUT2D eigenvalue weighted by Gasteiger charge is -2.13. The molecular weight excluding hydrogens is 374 g/mol. The average molecular weight is 387 g/mol. The van der Waals surface area contributed by atoms with Gasteiger partial charge in [-0.15, -0.1) is 0 Å². The second-order valence-electron chi connectivity index (χ2n) is 5.50. The topological polar surface area (TPSA) is 110 Å². The van der Waals surface area contributed by atoms with Crippen molar-refractivity contribution in [3.63, 3.8) is 0 Å².